The third-order valence-corrected chi connectivity index (χ3v) is 3.76. The topological polar surface area (TPSA) is 40.5 Å². The minimum atomic E-state index is -0.694. The lowest BCUT2D eigenvalue weighted by atomic mass is 10.1. The van der Waals surface area contributed by atoms with Crippen molar-refractivity contribution in [2.45, 2.75) is 44.9 Å². The molecule has 0 amide bonds. The van der Waals surface area contributed by atoms with Crippen LogP contribution < -0.4 is 4.90 Å². The van der Waals surface area contributed by atoms with Gasteiger partial charge in [-0.25, -0.2) is 0 Å². The summed E-state index contributed by atoms with van der Waals surface area (Å²) in [5, 5.41) is 8.59. The maximum atomic E-state index is 10.4. The van der Waals surface area contributed by atoms with Gasteiger partial charge >= 0.3 is 5.97 Å². The summed E-state index contributed by atoms with van der Waals surface area (Å²) in [4.78, 5) is 12.9. The zero-order valence-corrected chi connectivity index (χ0v) is 11.5. The number of carbonyl (C=O) groups is 1. The molecule has 1 saturated heterocycles. The maximum Gasteiger partial charge on any atom is 0.303 e. The Morgan fingerprint density at radius 3 is 2.37 bits per heavy atom. The normalized spacial score (nSPS) is 15.5. The number of unbranched alkanes of at least 4 members (excludes halogenated alkanes) is 1. The minimum Gasteiger partial charge on any atom is -0.481 e. The van der Waals surface area contributed by atoms with Crippen LogP contribution in [-0.2, 0) is 11.2 Å². The van der Waals surface area contributed by atoms with E-state index in [9.17, 15) is 4.79 Å². The monoisotopic (exact) mass is 261 g/mol. The smallest absolute Gasteiger partial charge is 0.303 e. The summed E-state index contributed by atoms with van der Waals surface area (Å²) < 4.78 is 0. The number of anilines is 1. The molecule has 1 aromatic rings. The number of hydrogen-bond acceptors (Lipinski definition) is 2. The number of aliphatic carboxylic acids is 1. The van der Waals surface area contributed by atoms with Gasteiger partial charge in [0.2, 0.25) is 0 Å². The molecular weight excluding hydrogens is 238 g/mol. The number of benzene rings is 1. The number of rotatable bonds is 6. The van der Waals surface area contributed by atoms with Crippen molar-refractivity contribution in [2.75, 3.05) is 18.0 Å². The molecule has 0 saturated carbocycles. The van der Waals surface area contributed by atoms with Crippen molar-refractivity contribution in [3.8, 4) is 0 Å². The van der Waals surface area contributed by atoms with Crippen molar-refractivity contribution in [3.05, 3.63) is 29.8 Å². The summed E-state index contributed by atoms with van der Waals surface area (Å²) in [6.45, 7) is 2.36. The molecule has 2 rings (SSSR count). The highest BCUT2D eigenvalue weighted by atomic mass is 16.4. The lowest BCUT2D eigenvalue weighted by Gasteiger charge is -2.28. The first-order chi connectivity index (χ1) is 9.25. The Morgan fingerprint density at radius 2 is 1.74 bits per heavy atom. The number of carboxylic acids is 1. The fourth-order valence-corrected chi connectivity index (χ4v) is 2.63. The standard InChI is InChI=1S/C16H23NO2/c18-16(19)7-3-2-6-14-8-10-15(11-9-14)17-12-4-1-5-13-17/h8-11H,1-7,12-13H2,(H,18,19). The summed E-state index contributed by atoms with van der Waals surface area (Å²) in [5.41, 5.74) is 2.64. The number of hydrogen-bond donors (Lipinski definition) is 1. The Morgan fingerprint density at radius 1 is 1.05 bits per heavy atom. The van der Waals surface area contributed by atoms with Crippen LogP contribution >= 0.6 is 0 Å². The maximum absolute atomic E-state index is 10.4. The van der Waals surface area contributed by atoms with E-state index in [1.165, 1.54) is 43.6 Å². The highest BCUT2D eigenvalue weighted by molar-refractivity contribution is 5.66. The quantitative estimate of drug-likeness (QED) is 0.797. The van der Waals surface area contributed by atoms with Gasteiger partial charge in [0.25, 0.3) is 0 Å². The van der Waals surface area contributed by atoms with Crippen molar-refractivity contribution in [1.29, 1.82) is 0 Å². The van der Waals surface area contributed by atoms with Crippen LogP contribution in [0.4, 0.5) is 5.69 Å². The van der Waals surface area contributed by atoms with Gasteiger partial charge in [-0.2, -0.15) is 0 Å². The number of aryl methyl sites for hydroxylation is 1. The van der Waals surface area contributed by atoms with Gasteiger partial charge in [0.05, 0.1) is 0 Å². The summed E-state index contributed by atoms with van der Waals surface area (Å²) in [6.07, 6.45) is 6.95. The molecule has 1 heterocycles. The molecule has 1 N–H and O–H groups in total. The Hall–Kier alpha value is -1.51. The Labute approximate surface area is 115 Å². The SMILES string of the molecule is O=C(O)CCCCc1ccc(N2CCCCC2)cc1. The third kappa shape index (κ3) is 4.58. The fourth-order valence-electron chi connectivity index (χ4n) is 2.63. The van der Waals surface area contributed by atoms with Gasteiger partial charge in [-0.15, -0.1) is 0 Å². The number of carboxylic acid groups (broad SMARTS) is 1. The average Bonchev–Trinajstić information content (AvgIpc) is 2.45. The molecule has 1 fully saturated rings. The van der Waals surface area contributed by atoms with E-state index in [1.807, 2.05) is 0 Å². The van der Waals surface area contributed by atoms with Crippen LogP contribution in [0.25, 0.3) is 0 Å². The van der Waals surface area contributed by atoms with Gasteiger partial charge in [-0.3, -0.25) is 4.79 Å². The molecule has 0 radical (unpaired) electrons. The molecule has 1 aromatic carbocycles. The van der Waals surface area contributed by atoms with Crippen molar-refractivity contribution < 1.29 is 9.90 Å². The van der Waals surface area contributed by atoms with Crippen molar-refractivity contribution in [2.24, 2.45) is 0 Å². The van der Waals surface area contributed by atoms with Gasteiger partial charge in [0, 0.05) is 25.2 Å². The average molecular weight is 261 g/mol. The van der Waals surface area contributed by atoms with E-state index in [-0.39, 0.29) is 6.42 Å². The summed E-state index contributed by atoms with van der Waals surface area (Å²) in [7, 11) is 0. The molecule has 0 unspecified atom stereocenters. The van der Waals surface area contributed by atoms with E-state index >= 15 is 0 Å². The second-order valence-corrected chi connectivity index (χ2v) is 5.32. The first-order valence-electron chi connectivity index (χ1n) is 7.31. The molecule has 0 spiro atoms. The zero-order chi connectivity index (χ0) is 13.5. The van der Waals surface area contributed by atoms with Crippen LogP contribution in [0.5, 0.6) is 0 Å². The van der Waals surface area contributed by atoms with E-state index in [4.69, 9.17) is 5.11 Å². The van der Waals surface area contributed by atoms with Gasteiger partial charge in [-0.05, 0) is 56.2 Å². The largest absolute Gasteiger partial charge is 0.481 e. The van der Waals surface area contributed by atoms with Crippen LogP contribution in [0.15, 0.2) is 24.3 Å². The summed E-state index contributed by atoms with van der Waals surface area (Å²) in [6, 6.07) is 8.78. The number of nitrogens with zero attached hydrogens (tertiary/aromatic N) is 1. The molecule has 1 aliphatic rings. The Kier molecular flexibility index (Phi) is 5.25. The van der Waals surface area contributed by atoms with E-state index in [1.54, 1.807) is 0 Å². The lowest BCUT2D eigenvalue weighted by molar-refractivity contribution is -0.137. The second-order valence-electron chi connectivity index (χ2n) is 5.32. The van der Waals surface area contributed by atoms with Crippen LogP contribution in [0.3, 0.4) is 0 Å². The lowest BCUT2D eigenvalue weighted by Crippen LogP contribution is -2.29. The molecule has 0 bridgehead atoms. The predicted octanol–water partition coefficient (Wildman–Crippen LogP) is 3.47. The van der Waals surface area contributed by atoms with Gasteiger partial charge < -0.3 is 10.0 Å². The Bertz CT molecular complexity index is 394. The van der Waals surface area contributed by atoms with E-state index in [0.29, 0.717) is 0 Å². The fraction of sp³-hybridized carbons (Fsp3) is 0.562. The third-order valence-electron chi connectivity index (χ3n) is 3.76. The predicted molar refractivity (Wildman–Crippen MR) is 77.7 cm³/mol. The van der Waals surface area contributed by atoms with Crippen molar-refractivity contribution >= 4 is 11.7 Å². The number of piperidine rings is 1. The zero-order valence-electron chi connectivity index (χ0n) is 11.5. The minimum absolute atomic E-state index is 0.284. The molecule has 0 aromatic heterocycles. The molecule has 0 aliphatic carbocycles. The highest BCUT2D eigenvalue weighted by Crippen LogP contribution is 2.20. The van der Waals surface area contributed by atoms with Crippen molar-refractivity contribution in [1.82, 2.24) is 0 Å². The van der Waals surface area contributed by atoms with E-state index in [0.717, 1.165) is 19.3 Å². The van der Waals surface area contributed by atoms with E-state index in [2.05, 4.69) is 29.2 Å². The van der Waals surface area contributed by atoms with Crippen LogP contribution in [0, 0.1) is 0 Å². The first-order valence-corrected chi connectivity index (χ1v) is 7.31. The van der Waals surface area contributed by atoms with Crippen molar-refractivity contribution in [3.63, 3.8) is 0 Å². The second kappa shape index (κ2) is 7.17. The van der Waals surface area contributed by atoms with Crippen LogP contribution in [0.1, 0.15) is 44.1 Å². The highest BCUT2D eigenvalue weighted by Gasteiger charge is 2.10. The first kappa shape index (κ1) is 13.9. The molecule has 19 heavy (non-hydrogen) atoms. The van der Waals surface area contributed by atoms with Gasteiger partial charge in [0.1, 0.15) is 0 Å². The van der Waals surface area contributed by atoms with Crippen LogP contribution in [-0.4, -0.2) is 24.2 Å². The Balaban J connectivity index is 1.79. The molecule has 1 aliphatic heterocycles. The molecular formula is C16H23NO2. The molecule has 3 heteroatoms. The molecule has 104 valence electrons. The molecule has 0 atom stereocenters. The van der Waals surface area contributed by atoms with Crippen LogP contribution in [0.2, 0.25) is 0 Å². The van der Waals surface area contributed by atoms with Gasteiger partial charge in [0.15, 0.2) is 0 Å². The molecule has 3 nitrogen and oxygen atoms in total. The summed E-state index contributed by atoms with van der Waals surface area (Å²) in [5.74, 6) is -0.694. The van der Waals surface area contributed by atoms with Gasteiger partial charge in [-0.1, -0.05) is 12.1 Å². The summed E-state index contributed by atoms with van der Waals surface area (Å²) >= 11 is 0. The van der Waals surface area contributed by atoms with E-state index < -0.39 is 5.97 Å².